The van der Waals surface area contributed by atoms with Crippen LogP contribution in [-0.2, 0) is 16.5 Å². The zero-order valence-electron chi connectivity index (χ0n) is 19.9. The molecule has 0 aliphatic heterocycles. The van der Waals surface area contributed by atoms with E-state index in [1.807, 2.05) is 24.3 Å². The summed E-state index contributed by atoms with van der Waals surface area (Å²) in [4.78, 5) is -0.275. The standard InChI is InChI=1S/C26H38O4S.K/c1-2-3-4-5-6-7-8-9-10-11-12-13-17-23-18-14-15-21-26(23)30-24-19-16-20-25(22-24)31(27,28)29;/h14-16,18-22H,2-13,17H2,1H3,(H,27,28,29);/q;+1/p-1. The van der Waals surface area contributed by atoms with Crippen LogP contribution in [0.1, 0.15) is 89.5 Å². The van der Waals surface area contributed by atoms with Gasteiger partial charge < -0.3 is 9.29 Å². The number of benzene rings is 2. The van der Waals surface area contributed by atoms with E-state index in [1.165, 1.54) is 88.8 Å². The van der Waals surface area contributed by atoms with E-state index < -0.39 is 10.1 Å². The van der Waals surface area contributed by atoms with Crippen molar-refractivity contribution < 1.29 is 69.1 Å². The monoisotopic (exact) mass is 484 g/mol. The number of unbranched alkanes of at least 4 members (excludes halogenated alkanes) is 11. The summed E-state index contributed by atoms with van der Waals surface area (Å²) in [7, 11) is -4.49. The van der Waals surface area contributed by atoms with Crippen LogP contribution >= 0.6 is 0 Å². The van der Waals surface area contributed by atoms with Crippen molar-refractivity contribution in [3.63, 3.8) is 0 Å². The molecule has 2 aromatic carbocycles. The summed E-state index contributed by atoms with van der Waals surface area (Å²) in [5.41, 5.74) is 1.10. The molecule has 0 atom stereocenters. The van der Waals surface area contributed by atoms with Gasteiger partial charge in [0.1, 0.15) is 21.6 Å². The van der Waals surface area contributed by atoms with Crippen molar-refractivity contribution in [1.82, 2.24) is 0 Å². The molecule has 172 valence electrons. The van der Waals surface area contributed by atoms with Gasteiger partial charge in [-0.05, 0) is 42.7 Å². The molecular formula is C26H37KO4S. The van der Waals surface area contributed by atoms with Crippen molar-refractivity contribution in [1.29, 1.82) is 0 Å². The van der Waals surface area contributed by atoms with E-state index in [9.17, 15) is 13.0 Å². The fourth-order valence-corrected chi connectivity index (χ4v) is 4.29. The molecule has 0 spiro atoms. The summed E-state index contributed by atoms with van der Waals surface area (Å²) in [6.45, 7) is 2.26. The summed E-state index contributed by atoms with van der Waals surface area (Å²) in [6.07, 6.45) is 16.8. The van der Waals surface area contributed by atoms with Crippen molar-refractivity contribution in [2.75, 3.05) is 0 Å². The number of hydrogen-bond donors (Lipinski definition) is 0. The number of rotatable bonds is 16. The Kier molecular flexibility index (Phi) is 16.1. The minimum Gasteiger partial charge on any atom is -0.744 e. The van der Waals surface area contributed by atoms with Gasteiger partial charge in [0.05, 0.1) is 4.90 Å². The molecule has 0 aliphatic rings. The third-order valence-electron chi connectivity index (χ3n) is 5.59. The second-order valence-corrected chi connectivity index (χ2v) is 9.66. The van der Waals surface area contributed by atoms with Gasteiger partial charge in [-0.15, -0.1) is 0 Å². The predicted molar refractivity (Wildman–Crippen MR) is 126 cm³/mol. The smallest absolute Gasteiger partial charge is 0.744 e. The largest absolute Gasteiger partial charge is 1.00 e. The van der Waals surface area contributed by atoms with Crippen LogP contribution in [0.25, 0.3) is 0 Å². The third-order valence-corrected chi connectivity index (χ3v) is 6.43. The topological polar surface area (TPSA) is 66.4 Å². The van der Waals surface area contributed by atoms with Crippen LogP contribution in [-0.4, -0.2) is 13.0 Å². The Morgan fingerprint density at radius 2 is 1.31 bits per heavy atom. The van der Waals surface area contributed by atoms with Crippen LogP contribution in [0.4, 0.5) is 0 Å². The van der Waals surface area contributed by atoms with E-state index in [2.05, 4.69) is 6.92 Å². The Balaban J connectivity index is 0.00000512. The first-order valence-electron chi connectivity index (χ1n) is 11.8. The number of ether oxygens (including phenoxy) is 1. The fraction of sp³-hybridized carbons (Fsp3) is 0.538. The minimum absolute atomic E-state index is 0. The van der Waals surface area contributed by atoms with Crippen molar-refractivity contribution in [2.45, 2.75) is 95.3 Å². The van der Waals surface area contributed by atoms with Gasteiger partial charge >= 0.3 is 51.4 Å². The molecule has 0 radical (unpaired) electrons. The molecule has 0 saturated carbocycles. The molecule has 4 nitrogen and oxygen atoms in total. The van der Waals surface area contributed by atoms with Crippen molar-refractivity contribution in [2.24, 2.45) is 0 Å². The SMILES string of the molecule is CCCCCCCCCCCCCCc1ccccc1Oc1cccc(S(=O)(=O)[O-])c1.[K+]. The minimum atomic E-state index is -4.49. The van der Waals surface area contributed by atoms with E-state index in [4.69, 9.17) is 4.74 Å². The molecule has 0 bridgehead atoms. The summed E-state index contributed by atoms with van der Waals surface area (Å²) >= 11 is 0. The molecular weight excluding hydrogens is 447 g/mol. The normalized spacial score (nSPS) is 11.2. The van der Waals surface area contributed by atoms with Gasteiger partial charge in [0, 0.05) is 0 Å². The van der Waals surface area contributed by atoms with Crippen LogP contribution in [0.5, 0.6) is 11.5 Å². The Labute approximate surface area is 237 Å². The van der Waals surface area contributed by atoms with Gasteiger partial charge in [0.25, 0.3) is 0 Å². The van der Waals surface area contributed by atoms with Crippen LogP contribution in [0.2, 0.25) is 0 Å². The summed E-state index contributed by atoms with van der Waals surface area (Å²) in [6, 6.07) is 13.6. The van der Waals surface area contributed by atoms with Crippen LogP contribution < -0.4 is 56.1 Å². The van der Waals surface area contributed by atoms with Gasteiger partial charge in [-0.1, -0.05) is 102 Å². The first-order valence-corrected chi connectivity index (χ1v) is 13.2. The van der Waals surface area contributed by atoms with E-state index in [-0.39, 0.29) is 56.3 Å². The second-order valence-electron chi connectivity index (χ2n) is 8.28. The van der Waals surface area contributed by atoms with Gasteiger partial charge in [0.15, 0.2) is 0 Å². The number of hydrogen-bond acceptors (Lipinski definition) is 4. The van der Waals surface area contributed by atoms with E-state index in [0.29, 0.717) is 11.5 Å². The molecule has 2 rings (SSSR count). The second kappa shape index (κ2) is 17.3. The van der Waals surface area contributed by atoms with E-state index in [0.717, 1.165) is 18.4 Å². The first-order chi connectivity index (χ1) is 15.0. The Hall–Kier alpha value is -0.214. The summed E-state index contributed by atoms with van der Waals surface area (Å²) in [5.74, 6) is 1.07. The van der Waals surface area contributed by atoms with Crippen LogP contribution in [0.3, 0.4) is 0 Å². The van der Waals surface area contributed by atoms with E-state index >= 15 is 0 Å². The first kappa shape index (κ1) is 29.8. The van der Waals surface area contributed by atoms with Crippen molar-refractivity contribution in [3.8, 4) is 11.5 Å². The van der Waals surface area contributed by atoms with E-state index in [1.54, 1.807) is 6.07 Å². The van der Waals surface area contributed by atoms with Crippen molar-refractivity contribution in [3.05, 3.63) is 54.1 Å². The molecule has 0 saturated heterocycles. The number of aryl methyl sites for hydroxylation is 1. The Bertz CT molecular complexity index is 868. The van der Waals surface area contributed by atoms with Crippen molar-refractivity contribution >= 4 is 10.1 Å². The fourth-order valence-electron chi connectivity index (χ4n) is 3.79. The molecule has 0 unspecified atom stereocenters. The van der Waals surface area contributed by atoms with Crippen LogP contribution in [0, 0.1) is 0 Å². The molecule has 0 heterocycles. The number of para-hydroxylation sites is 1. The zero-order chi connectivity index (χ0) is 22.4. The Morgan fingerprint density at radius 1 is 0.750 bits per heavy atom. The Morgan fingerprint density at radius 3 is 1.91 bits per heavy atom. The van der Waals surface area contributed by atoms with Crippen LogP contribution in [0.15, 0.2) is 53.4 Å². The van der Waals surface area contributed by atoms with Gasteiger partial charge in [-0.25, -0.2) is 8.42 Å². The predicted octanol–water partition coefficient (Wildman–Crippen LogP) is 4.63. The van der Waals surface area contributed by atoms with Gasteiger partial charge in [0.2, 0.25) is 0 Å². The molecule has 2 aromatic rings. The zero-order valence-corrected chi connectivity index (χ0v) is 23.8. The maximum absolute atomic E-state index is 11.2. The summed E-state index contributed by atoms with van der Waals surface area (Å²) < 4.78 is 39.6. The maximum atomic E-state index is 11.2. The molecule has 0 aromatic heterocycles. The molecule has 6 heteroatoms. The summed E-state index contributed by atoms with van der Waals surface area (Å²) in [5, 5.41) is 0. The third kappa shape index (κ3) is 12.3. The molecule has 32 heavy (non-hydrogen) atoms. The quantitative estimate of drug-likeness (QED) is 0.198. The molecule has 0 amide bonds. The average molecular weight is 485 g/mol. The van der Waals surface area contributed by atoms with Gasteiger partial charge in [-0.3, -0.25) is 0 Å². The molecule has 0 N–H and O–H groups in total. The molecule has 0 aliphatic carbocycles. The average Bonchev–Trinajstić information content (AvgIpc) is 2.75. The maximum Gasteiger partial charge on any atom is 1.00 e. The molecule has 0 fully saturated rings. The van der Waals surface area contributed by atoms with Gasteiger partial charge in [-0.2, -0.15) is 0 Å².